The van der Waals surface area contributed by atoms with Crippen LogP contribution >= 0.6 is 0 Å². The van der Waals surface area contributed by atoms with Crippen LogP contribution in [0.5, 0.6) is 0 Å². The zero-order valence-corrected chi connectivity index (χ0v) is 5.65. The van der Waals surface area contributed by atoms with Gasteiger partial charge in [0, 0.05) is 12.8 Å². The third kappa shape index (κ3) is 1.09. The van der Waals surface area contributed by atoms with Gasteiger partial charge in [0.15, 0.2) is 0 Å². The van der Waals surface area contributed by atoms with Crippen LogP contribution < -0.4 is 0 Å². The molecule has 0 amide bonds. The van der Waals surface area contributed by atoms with Crippen molar-refractivity contribution in [2.45, 2.75) is 26.2 Å². The van der Waals surface area contributed by atoms with Crippen molar-refractivity contribution in [1.82, 2.24) is 0 Å². The van der Waals surface area contributed by atoms with Gasteiger partial charge in [0.2, 0.25) is 0 Å². The minimum absolute atomic E-state index is 0.897. The molecule has 0 N–H and O–H groups in total. The van der Waals surface area contributed by atoms with Gasteiger partial charge >= 0.3 is 0 Å². The third-order valence-corrected chi connectivity index (χ3v) is 1.83. The topological polar surface area (TPSA) is 12.4 Å². The molecular weight excluding hydrogens is 98.1 g/mol. The summed E-state index contributed by atoms with van der Waals surface area (Å²) in [6.07, 6.45) is 3.85. The molecule has 46 valence electrons. The van der Waals surface area contributed by atoms with E-state index in [4.69, 9.17) is 0 Å². The summed E-state index contributed by atoms with van der Waals surface area (Å²) < 4.78 is 0. The maximum absolute atomic E-state index is 4.15. The fourth-order valence-corrected chi connectivity index (χ4v) is 1.22. The lowest BCUT2D eigenvalue weighted by Gasteiger charge is -1.92. The molecule has 1 atom stereocenters. The first-order valence-electron chi connectivity index (χ1n) is 3.27. The van der Waals surface area contributed by atoms with Crippen LogP contribution in [0, 0.1) is 5.92 Å². The first-order valence-corrected chi connectivity index (χ1v) is 3.27. The van der Waals surface area contributed by atoms with Crippen LogP contribution in [0.15, 0.2) is 4.99 Å². The molecule has 0 radical (unpaired) electrons. The molecule has 1 aliphatic rings. The van der Waals surface area contributed by atoms with Crippen LogP contribution in [0.3, 0.4) is 0 Å². The highest BCUT2D eigenvalue weighted by Gasteiger charge is 2.14. The van der Waals surface area contributed by atoms with Gasteiger partial charge in [0.05, 0.1) is 0 Å². The minimum Gasteiger partial charge on any atom is -0.297 e. The van der Waals surface area contributed by atoms with Crippen LogP contribution in [0.25, 0.3) is 0 Å². The number of hydrogen-bond acceptors (Lipinski definition) is 1. The highest BCUT2D eigenvalue weighted by atomic mass is 14.7. The smallest absolute Gasteiger partial charge is 0.0276 e. The maximum atomic E-state index is 4.15. The third-order valence-electron chi connectivity index (χ3n) is 1.83. The molecule has 0 saturated heterocycles. The summed E-state index contributed by atoms with van der Waals surface area (Å²) in [6, 6.07) is 0. The van der Waals surface area contributed by atoms with Crippen molar-refractivity contribution < 1.29 is 0 Å². The minimum atomic E-state index is 0.897. The summed E-state index contributed by atoms with van der Waals surface area (Å²) in [6.45, 7) is 2.29. The predicted molar refractivity (Wildman–Crippen MR) is 36.4 cm³/mol. The molecule has 0 heterocycles. The van der Waals surface area contributed by atoms with Gasteiger partial charge in [-0.15, -0.1) is 0 Å². The average molecular weight is 111 g/mol. The molecule has 0 aromatic carbocycles. The SMILES string of the molecule is C/N=C1/CCC(C)C1. The van der Waals surface area contributed by atoms with Gasteiger partial charge in [0.25, 0.3) is 0 Å². The van der Waals surface area contributed by atoms with E-state index in [1.807, 2.05) is 7.05 Å². The van der Waals surface area contributed by atoms with Crippen LogP contribution in [0.4, 0.5) is 0 Å². The first-order chi connectivity index (χ1) is 3.83. The summed E-state index contributed by atoms with van der Waals surface area (Å²) in [5.74, 6) is 0.897. The van der Waals surface area contributed by atoms with Gasteiger partial charge in [-0.25, -0.2) is 0 Å². The van der Waals surface area contributed by atoms with Crippen molar-refractivity contribution in [1.29, 1.82) is 0 Å². The Bertz CT molecular complexity index is 105. The Balaban J connectivity index is 2.44. The molecule has 1 rings (SSSR count). The lowest BCUT2D eigenvalue weighted by molar-refractivity contribution is 0.623. The van der Waals surface area contributed by atoms with Crippen molar-refractivity contribution in [3.8, 4) is 0 Å². The molecule has 1 heteroatoms. The molecular formula is C7H13N. The van der Waals surface area contributed by atoms with Gasteiger partial charge in [0.1, 0.15) is 0 Å². The van der Waals surface area contributed by atoms with E-state index in [9.17, 15) is 0 Å². The van der Waals surface area contributed by atoms with E-state index in [0.29, 0.717) is 0 Å². The number of aliphatic imine (C=N–C) groups is 1. The lowest BCUT2D eigenvalue weighted by atomic mass is 10.1. The Morgan fingerprint density at radius 1 is 1.62 bits per heavy atom. The monoisotopic (exact) mass is 111 g/mol. The largest absolute Gasteiger partial charge is 0.297 e. The van der Waals surface area contributed by atoms with Crippen molar-refractivity contribution >= 4 is 5.71 Å². The number of nitrogens with zero attached hydrogens (tertiary/aromatic N) is 1. The molecule has 1 nitrogen and oxygen atoms in total. The summed E-state index contributed by atoms with van der Waals surface area (Å²) in [5.41, 5.74) is 1.41. The molecule has 0 aliphatic heterocycles. The van der Waals surface area contributed by atoms with Crippen LogP contribution in [-0.2, 0) is 0 Å². The summed E-state index contributed by atoms with van der Waals surface area (Å²) in [7, 11) is 1.90. The van der Waals surface area contributed by atoms with Gasteiger partial charge in [-0.3, -0.25) is 4.99 Å². The van der Waals surface area contributed by atoms with Crippen molar-refractivity contribution in [3.63, 3.8) is 0 Å². The lowest BCUT2D eigenvalue weighted by Crippen LogP contribution is -1.88. The van der Waals surface area contributed by atoms with Gasteiger partial charge in [-0.05, 0) is 25.2 Å². The van der Waals surface area contributed by atoms with Crippen molar-refractivity contribution in [2.24, 2.45) is 10.9 Å². The van der Waals surface area contributed by atoms with E-state index in [-0.39, 0.29) is 0 Å². The van der Waals surface area contributed by atoms with Crippen molar-refractivity contribution in [2.75, 3.05) is 7.05 Å². The Morgan fingerprint density at radius 2 is 2.38 bits per heavy atom. The van der Waals surface area contributed by atoms with Gasteiger partial charge < -0.3 is 0 Å². The molecule has 1 aliphatic carbocycles. The maximum Gasteiger partial charge on any atom is 0.0276 e. The summed E-state index contributed by atoms with van der Waals surface area (Å²) in [4.78, 5) is 4.15. The molecule has 0 spiro atoms. The zero-order valence-electron chi connectivity index (χ0n) is 5.65. The number of hydrogen-bond donors (Lipinski definition) is 0. The molecule has 1 fully saturated rings. The Morgan fingerprint density at radius 3 is 2.62 bits per heavy atom. The molecule has 0 bridgehead atoms. The molecule has 0 aromatic heterocycles. The van der Waals surface area contributed by atoms with E-state index in [1.165, 1.54) is 25.0 Å². The van der Waals surface area contributed by atoms with Crippen LogP contribution in [0.2, 0.25) is 0 Å². The quantitative estimate of drug-likeness (QED) is 0.452. The van der Waals surface area contributed by atoms with E-state index in [2.05, 4.69) is 11.9 Å². The second-order valence-electron chi connectivity index (χ2n) is 2.64. The van der Waals surface area contributed by atoms with Crippen molar-refractivity contribution in [3.05, 3.63) is 0 Å². The molecule has 1 saturated carbocycles. The molecule has 1 unspecified atom stereocenters. The second kappa shape index (κ2) is 2.29. The summed E-state index contributed by atoms with van der Waals surface area (Å²) >= 11 is 0. The standard InChI is InChI=1S/C7H13N/c1-6-3-4-7(5-6)8-2/h6H,3-5H2,1-2H3/b8-7-. The fraction of sp³-hybridized carbons (Fsp3) is 0.857. The summed E-state index contributed by atoms with van der Waals surface area (Å²) in [5, 5.41) is 0. The highest BCUT2D eigenvalue weighted by molar-refractivity contribution is 5.86. The highest BCUT2D eigenvalue weighted by Crippen LogP contribution is 2.21. The Labute approximate surface area is 50.8 Å². The first kappa shape index (κ1) is 5.80. The van der Waals surface area contributed by atoms with E-state index in [1.54, 1.807) is 0 Å². The number of rotatable bonds is 0. The van der Waals surface area contributed by atoms with Crippen LogP contribution in [0.1, 0.15) is 26.2 Å². The van der Waals surface area contributed by atoms with Gasteiger partial charge in [-0.1, -0.05) is 6.92 Å². The van der Waals surface area contributed by atoms with E-state index in [0.717, 1.165) is 5.92 Å². The van der Waals surface area contributed by atoms with Crippen LogP contribution in [-0.4, -0.2) is 12.8 Å². The predicted octanol–water partition coefficient (Wildman–Crippen LogP) is 1.88. The van der Waals surface area contributed by atoms with E-state index >= 15 is 0 Å². The van der Waals surface area contributed by atoms with Gasteiger partial charge in [-0.2, -0.15) is 0 Å². The fourth-order valence-electron chi connectivity index (χ4n) is 1.22. The zero-order chi connectivity index (χ0) is 5.98. The van der Waals surface area contributed by atoms with E-state index < -0.39 is 0 Å². The Hall–Kier alpha value is -0.330. The molecule has 0 aromatic rings. The molecule has 8 heavy (non-hydrogen) atoms. The average Bonchev–Trinajstić information content (AvgIpc) is 2.14. The second-order valence-corrected chi connectivity index (χ2v) is 2.64. The normalized spacial score (nSPS) is 34.2. The Kier molecular flexibility index (Phi) is 1.66.